The first-order valence-electron chi connectivity index (χ1n) is 9.45. The average molecular weight is 435 g/mol. The molecule has 0 bridgehead atoms. The Bertz CT molecular complexity index is 980. The van der Waals surface area contributed by atoms with Gasteiger partial charge in [0.05, 0.1) is 5.56 Å². The van der Waals surface area contributed by atoms with Crippen LogP contribution in [0.4, 0.5) is 23.7 Å². The van der Waals surface area contributed by atoms with E-state index in [0.29, 0.717) is 5.56 Å². The molecule has 7 nitrogen and oxygen atoms in total. The number of carbonyl (C=O) groups is 3. The van der Waals surface area contributed by atoms with Gasteiger partial charge in [-0.1, -0.05) is 0 Å². The van der Waals surface area contributed by atoms with E-state index < -0.39 is 17.8 Å². The number of alkyl halides is 3. The molecule has 0 aromatic heterocycles. The molecule has 1 fully saturated rings. The van der Waals surface area contributed by atoms with Crippen molar-refractivity contribution in [2.75, 3.05) is 25.5 Å². The second-order valence-corrected chi connectivity index (χ2v) is 6.91. The van der Waals surface area contributed by atoms with E-state index in [1.807, 2.05) is 0 Å². The first-order chi connectivity index (χ1) is 14.7. The number of carbonyl (C=O) groups excluding carboxylic acids is 3. The smallest absolute Gasteiger partial charge is 0.416 e. The predicted molar refractivity (Wildman–Crippen MR) is 106 cm³/mol. The number of benzene rings is 2. The summed E-state index contributed by atoms with van der Waals surface area (Å²) in [5.74, 6) is -0.179. The zero-order chi connectivity index (χ0) is 22.6. The number of piperidine rings is 1. The molecule has 10 heteroatoms. The molecule has 0 radical (unpaired) electrons. The van der Waals surface area contributed by atoms with E-state index in [2.05, 4.69) is 10.6 Å². The molecule has 1 saturated heterocycles. The number of urea groups is 1. The number of ether oxygens (including phenoxy) is 1. The van der Waals surface area contributed by atoms with Crippen LogP contribution in [0.2, 0.25) is 0 Å². The minimum Gasteiger partial charge on any atom is -0.457 e. The summed E-state index contributed by atoms with van der Waals surface area (Å²) in [5.41, 5.74) is -0.711. The fourth-order valence-corrected chi connectivity index (χ4v) is 3.01. The van der Waals surface area contributed by atoms with Crippen molar-refractivity contribution in [1.29, 1.82) is 0 Å². The molecular weight excluding hydrogens is 415 g/mol. The van der Waals surface area contributed by atoms with Crippen LogP contribution in [0.5, 0.6) is 11.5 Å². The fraction of sp³-hybridized carbons (Fsp3) is 0.286. The summed E-state index contributed by atoms with van der Waals surface area (Å²) in [6, 6.07) is 8.17. The molecule has 3 rings (SSSR count). The molecule has 1 aliphatic rings. The highest BCUT2D eigenvalue weighted by molar-refractivity contribution is 5.94. The highest BCUT2D eigenvalue weighted by Crippen LogP contribution is 2.35. The number of halogens is 3. The Labute approximate surface area is 176 Å². The van der Waals surface area contributed by atoms with Crippen LogP contribution >= 0.6 is 0 Å². The van der Waals surface area contributed by atoms with Crippen molar-refractivity contribution in [2.24, 2.45) is 0 Å². The Balaban J connectivity index is 1.81. The largest absolute Gasteiger partial charge is 0.457 e. The van der Waals surface area contributed by atoms with Crippen molar-refractivity contribution in [2.45, 2.75) is 19.0 Å². The van der Waals surface area contributed by atoms with Crippen molar-refractivity contribution in [1.82, 2.24) is 10.2 Å². The molecule has 0 aliphatic carbocycles. The van der Waals surface area contributed by atoms with E-state index in [1.54, 1.807) is 0 Å². The fourth-order valence-electron chi connectivity index (χ4n) is 3.01. The molecule has 2 aromatic rings. The number of nitrogens with one attached hydrogen (secondary N) is 2. The third-order valence-corrected chi connectivity index (χ3v) is 4.67. The van der Waals surface area contributed by atoms with Crippen LogP contribution in [-0.4, -0.2) is 42.8 Å². The molecule has 0 saturated carbocycles. The maximum atomic E-state index is 13.3. The van der Waals surface area contributed by atoms with Gasteiger partial charge in [-0.25, -0.2) is 4.79 Å². The normalized spacial score (nSPS) is 14.2. The summed E-state index contributed by atoms with van der Waals surface area (Å²) in [5, 5.41) is 4.90. The van der Waals surface area contributed by atoms with Gasteiger partial charge in [-0.3, -0.25) is 9.59 Å². The minimum atomic E-state index is -4.65. The van der Waals surface area contributed by atoms with Gasteiger partial charge in [0, 0.05) is 50.3 Å². The van der Waals surface area contributed by atoms with Crippen molar-refractivity contribution >= 4 is 23.4 Å². The number of hydrogen-bond acceptors (Lipinski definition) is 4. The van der Waals surface area contributed by atoms with E-state index >= 15 is 0 Å². The number of rotatable bonds is 4. The Kier molecular flexibility index (Phi) is 6.47. The number of hydrogen-bond donors (Lipinski definition) is 2. The van der Waals surface area contributed by atoms with Crippen LogP contribution in [0.1, 0.15) is 28.8 Å². The van der Waals surface area contributed by atoms with Crippen molar-refractivity contribution < 1.29 is 32.3 Å². The van der Waals surface area contributed by atoms with Crippen LogP contribution in [-0.2, 0) is 11.0 Å². The molecule has 1 heterocycles. The number of amides is 3. The lowest BCUT2D eigenvalue weighted by atomic mass is 10.1. The van der Waals surface area contributed by atoms with Crippen molar-refractivity contribution in [3.63, 3.8) is 0 Å². The Morgan fingerprint density at radius 2 is 1.65 bits per heavy atom. The van der Waals surface area contributed by atoms with E-state index in [9.17, 15) is 27.6 Å². The number of nitrogens with zero attached hydrogens (tertiary/aromatic N) is 1. The lowest BCUT2D eigenvalue weighted by Gasteiger charge is -2.26. The maximum absolute atomic E-state index is 13.3. The monoisotopic (exact) mass is 435 g/mol. The summed E-state index contributed by atoms with van der Waals surface area (Å²) in [6.45, 7) is 0.426. The second kappa shape index (κ2) is 9.07. The zero-order valence-corrected chi connectivity index (χ0v) is 16.6. The molecule has 0 unspecified atom stereocenters. The Morgan fingerprint density at radius 3 is 2.23 bits per heavy atom. The minimum absolute atomic E-state index is 0.0428. The lowest BCUT2D eigenvalue weighted by molar-refractivity contribution is -0.137. The molecule has 164 valence electrons. The van der Waals surface area contributed by atoms with E-state index in [1.165, 1.54) is 42.3 Å². The van der Waals surface area contributed by atoms with Gasteiger partial charge in [0.1, 0.15) is 17.3 Å². The van der Waals surface area contributed by atoms with Crippen LogP contribution in [0.15, 0.2) is 42.5 Å². The van der Waals surface area contributed by atoms with E-state index in [4.69, 9.17) is 4.74 Å². The number of ketones is 1. The van der Waals surface area contributed by atoms with Gasteiger partial charge in [-0.15, -0.1) is 0 Å². The Hall–Kier alpha value is -3.56. The first kappa shape index (κ1) is 22.1. The van der Waals surface area contributed by atoms with Gasteiger partial charge in [-0.2, -0.15) is 13.2 Å². The van der Waals surface area contributed by atoms with Crippen LogP contribution < -0.4 is 15.4 Å². The zero-order valence-electron chi connectivity index (χ0n) is 16.6. The van der Waals surface area contributed by atoms with E-state index in [0.717, 1.165) is 12.1 Å². The molecule has 0 atom stereocenters. The lowest BCUT2D eigenvalue weighted by Crippen LogP contribution is -2.41. The highest BCUT2D eigenvalue weighted by Gasteiger charge is 2.32. The number of Topliss-reactive ketones (excluding diaryl/α,β-unsaturated/α-hetero) is 1. The summed E-state index contributed by atoms with van der Waals surface area (Å²) in [6.07, 6.45) is -4.22. The highest BCUT2D eigenvalue weighted by atomic mass is 19.4. The quantitative estimate of drug-likeness (QED) is 0.759. The first-order valence-corrected chi connectivity index (χ1v) is 9.45. The van der Waals surface area contributed by atoms with Gasteiger partial charge in [-0.05, 0) is 36.4 Å². The second-order valence-electron chi connectivity index (χ2n) is 6.91. The average Bonchev–Trinajstić information content (AvgIpc) is 2.73. The molecule has 0 spiro atoms. The number of likely N-dealkylation sites (tertiary alicyclic amines) is 1. The summed E-state index contributed by atoms with van der Waals surface area (Å²) in [7, 11) is 1.48. The van der Waals surface area contributed by atoms with Gasteiger partial charge in [0.2, 0.25) is 0 Å². The Morgan fingerprint density at radius 1 is 1.00 bits per heavy atom. The topological polar surface area (TPSA) is 87.7 Å². The van der Waals surface area contributed by atoms with Crippen molar-refractivity contribution in [3.8, 4) is 11.5 Å². The predicted octanol–water partition coefficient (Wildman–Crippen LogP) is 4.05. The van der Waals surface area contributed by atoms with Crippen LogP contribution in [0.25, 0.3) is 0 Å². The number of anilines is 1. The summed E-state index contributed by atoms with van der Waals surface area (Å²) < 4.78 is 45.5. The molecule has 1 aliphatic heterocycles. The summed E-state index contributed by atoms with van der Waals surface area (Å²) in [4.78, 5) is 36.7. The third-order valence-electron chi connectivity index (χ3n) is 4.67. The van der Waals surface area contributed by atoms with Gasteiger partial charge < -0.3 is 20.3 Å². The molecule has 2 N–H and O–H groups in total. The molecule has 2 aromatic carbocycles. The molecule has 3 amide bonds. The molecular formula is C21H20F3N3O4. The third kappa shape index (κ3) is 5.74. The van der Waals surface area contributed by atoms with E-state index in [-0.39, 0.29) is 54.8 Å². The van der Waals surface area contributed by atoms with Crippen LogP contribution in [0.3, 0.4) is 0 Å². The van der Waals surface area contributed by atoms with Crippen molar-refractivity contribution in [3.05, 3.63) is 53.6 Å². The van der Waals surface area contributed by atoms with Crippen LogP contribution in [0, 0.1) is 0 Å². The standard InChI is InChI=1S/C21H20F3N3O4/c1-25-19(29)13-2-4-17(5-3-13)31-18-11-14(21(22,23)24)10-15(12-18)26-20(30)27-8-6-16(28)7-9-27/h2-5,10-12H,6-9H2,1H3,(H,25,29)(H,26,30). The summed E-state index contributed by atoms with van der Waals surface area (Å²) >= 11 is 0. The SMILES string of the molecule is CNC(=O)c1ccc(Oc2cc(NC(=O)N3CCC(=O)CC3)cc(C(F)(F)F)c2)cc1. The van der Waals surface area contributed by atoms with Gasteiger partial charge in [0.15, 0.2) is 0 Å². The molecule has 31 heavy (non-hydrogen) atoms. The van der Waals surface area contributed by atoms with Gasteiger partial charge >= 0.3 is 12.2 Å². The van der Waals surface area contributed by atoms with Gasteiger partial charge in [0.25, 0.3) is 5.91 Å². The maximum Gasteiger partial charge on any atom is 0.416 e.